The second kappa shape index (κ2) is 6.99. The summed E-state index contributed by atoms with van der Waals surface area (Å²) in [5.74, 6) is -0.145. The number of carbonyl (C=O) groups excluding carboxylic acids is 1. The molecule has 0 spiro atoms. The van der Waals surface area contributed by atoms with Crippen LogP contribution in [0, 0.1) is 16.7 Å². The minimum Gasteiger partial charge on any atom is -0.326 e. The van der Waals surface area contributed by atoms with Crippen LogP contribution in [0.2, 0.25) is 0 Å². The lowest BCUT2D eigenvalue weighted by Crippen LogP contribution is -2.12. The number of hydrogen-bond acceptors (Lipinski definition) is 3. The largest absolute Gasteiger partial charge is 0.326 e. The van der Waals surface area contributed by atoms with Crippen LogP contribution >= 0.6 is 0 Å². The molecule has 0 fully saturated rings. The van der Waals surface area contributed by atoms with Crippen LogP contribution in [0.5, 0.6) is 0 Å². The Labute approximate surface area is 127 Å². The van der Waals surface area contributed by atoms with Gasteiger partial charge in [-0.2, -0.15) is 0 Å². The van der Waals surface area contributed by atoms with Gasteiger partial charge in [0.1, 0.15) is 0 Å². The van der Waals surface area contributed by atoms with E-state index in [0.29, 0.717) is 17.8 Å². The van der Waals surface area contributed by atoms with E-state index in [1.54, 1.807) is 36.4 Å². The second-order valence-electron chi connectivity index (χ2n) is 4.63. The third kappa shape index (κ3) is 4.15. The molecule has 110 valence electrons. The van der Waals surface area contributed by atoms with Crippen LogP contribution in [0.25, 0.3) is 4.85 Å². The Kier molecular flexibility index (Phi) is 4.83. The van der Waals surface area contributed by atoms with Crippen molar-refractivity contribution in [3.05, 3.63) is 75.6 Å². The first-order valence-corrected chi connectivity index (χ1v) is 6.59. The van der Waals surface area contributed by atoms with Gasteiger partial charge >= 0.3 is 0 Å². The highest BCUT2D eigenvalue weighted by molar-refractivity contribution is 5.91. The van der Waals surface area contributed by atoms with Crippen molar-refractivity contribution in [2.45, 2.75) is 12.8 Å². The summed E-state index contributed by atoms with van der Waals surface area (Å²) in [6.45, 7) is 6.85. The topological polar surface area (TPSA) is 76.6 Å². The van der Waals surface area contributed by atoms with Gasteiger partial charge in [-0.3, -0.25) is 14.9 Å². The molecule has 22 heavy (non-hydrogen) atoms. The lowest BCUT2D eigenvalue weighted by molar-refractivity contribution is -0.384. The van der Waals surface area contributed by atoms with Crippen molar-refractivity contribution in [1.82, 2.24) is 0 Å². The van der Waals surface area contributed by atoms with Crippen molar-refractivity contribution >= 4 is 23.0 Å². The highest BCUT2D eigenvalue weighted by Crippen LogP contribution is 2.17. The summed E-state index contributed by atoms with van der Waals surface area (Å²) < 4.78 is 0. The number of nitrogens with one attached hydrogen (secondary N) is 1. The zero-order chi connectivity index (χ0) is 15.9. The van der Waals surface area contributed by atoms with E-state index in [2.05, 4.69) is 10.2 Å². The third-order valence-corrected chi connectivity index (χ3v) is 3.07. The Bertz CT molecular complexity index is 716. The second-order valence-corrected chi connectivity index (χ2v) is 4.63. The Balaban J connectivity index is 1.86. The standard InChI is InChI=1S/C16H13N3O3/c1-17-13-5-7-14(8-6-13)18-16(20)11-4-12-2-9-15(10-3-12)19(21)22/h2-3,5-10H,4,11H2,(H,18,20). The maximum Gasteiger partial charge on any atom is 0.269 e. The van der Waals surface area contributed by atoms with Gasteiger partial charge in [-0.15, -0.1) is 0 Å². The van der Waals surface area contributed by atoms with Crippen LogP contribution in [0.3, 0.4) is 0 Å². The molecule has 6 heteroatoms. The zero-order valence-corrected chi connectivity index (χ0v) is 11.7. The average Bonchev–Trinajstić information content (AvgIpc) is 2.54. The van der Waals surface area contributed by atoms with E-state index in [1.807, 2.05) is 0 Å². The molecule has 2 rings (SSSR count). The molecule has 1 N–H and O–H groups in total. The number of aryl methyl sites for hydroxylation is 1. The Morgan fingerprint density at radius 3 is 2.32 bits per heavy atom. The lowest BCUT2D eigenvalue weighted by atomic mass is 10.1. The molecule has 0 aliphatic carbocycles. The van der Waals surface area contributed by atoms with Crippen molar-refractivity contribution < 1.29 is 9.72 Å². The van der Waals surface area contributed by atoms with Gasteiger partial charge in [0, 0.05) is 24.2 Å². The molecule has 0 atom stereocenters. The van der Waals surface area contributed by atoms with Crippen molar-refractivity contribution in [2.24, 2.45) is 0 Å². The Hall–Kier alpha value is -3.20. The molecular formula is C16H13N3O3. The highest BCUT2D eigenvalue weighted by atomic mass is 16.6. The molecule has 6 nitrogen and oxygen atoms in total. The normalized spacial score (nSPS) is 9.77. The number of nitrogens with zero attached hydrogens (tertiary/aromatic N) is 2. The number of anilines is 1. The Morgan fingerprint density at radius 2 is 1.77 bits per heavy atom. The van der Waals surface area contributed by atoms with Crippen LogP contribution in [-0.2, 0) is 11.2 Å². The summed E-state index contributed by atoms with van der Waals surface area (Å²) in [6.07, 6.45) is 0.784. The first-order chi connectivity index (χ1) is 10.6. The summed E-state index contributed by atoms with van der Waals surface area (Å²) in [5.41, 5.74) is 2.06. The minimum absolute atomic E-state index is 0.0353. The van der Waals surface area contributed by atoms with Gasteiger partial charge in [-0.05, 0) is 24.1 Å². The maximum absolute atomic E-state index is 11.8. The summed E-state index contributed by atoms with van der Waals surface area (Å²) in [7, 11) is 0. The van der Waals surface area contributed by atoms with Gasteiger partial charge in [0.2, 0.25) is 5.91 Å². The van der Waals surface area contributed by atoms with Crippen LogP contribution in [0.1, 0.15) is 12.0 Å². The first-order valence-electron chi connectivity index (χ1n) is 6.59. The van der Waals surface area contributed by atoms with E-state index in [9.17, 15) is 14.9 Å². The predicted molar refractivity (Wildman–Crippen MR) is 82.8 cm³/mol. The molecule has 1 amide bonds. The number of nitro groups is 1. The molecular weight excluding hydrogens is 282 g/mol. The van der Waals surface area contributed by atoms with Gasteiger partial charge in [0.05, 0.1) is 11.5 Å². The van der Waals surface area contributed by atoms with Crippen molar-refractivity contribution in [1.29, 1.82) is 0 Å². The average molecular weight is 295 g/mol. The molecule has 0 heterocycles. The van der Waals surface area contributed by atoms with E-state index in [1.165, 1.54) is 12.1 Å². The molecule has 0 aromatic heterocycles. The number of amides is 1. The summed E-state index contributed by atoms with van der Waals surface area (Å²) in [5, 5.41) is 13.3. The molecule has 0 unspecified atom stereocenters. The molecule has 0 aliphatic rings. The van der Waals surface area contributed by atoms with E-state index >= 15 is 0 Å². The number of benzene rings is 2. The van der Waals surface area contributed by atoms with Crippen molar-refractivity contribution in [3.8, 4) is 0 Å². The fourth-order valence-electron chi connectivity index (χ4n) is 1.88. The van der Waals surface area contributed by atoms with Gasteiger partial charge in [0.15, 0.2) is 5.69 Å². The molecule has 0 aliphatic heterocycles. The number of nitro benzene ring substituents is 1. The summed E-state index contributed by atoms with van der Waals surface area (Å²) in [4.78, 5) is 25.2. The summed E-state index contributed by atoms with van der Waals surface area (Å²) in [6, 6.07) is 12.8. The van der Waals surface area contributed by atoms with Gasteiger partial charge in [-0.1, -0.05) is 24.3 Å². The quantitative estimate of drug-likeness (QED) is 0.519. The van der Waals surface area contributed by atoms with Crippen LogP contribution in [-0.4, -0.2) is 10.8 Å². The van der Waals surface area contributed by atoms with Gasteiger partial charge in [0.25, 0.3) is 5.69 Å². The minimum atomic E-state index is -0.455. The number of rotatable bonds is 5. The van der Waals surface area contributed by atoms with Crippen LogP contribution in [0.4, 0.5) is 17.1 Å². The van der Waals surface area contributed by atoms with E-state index in [-0.39, 0.29) is 18.0 Å². The fourth-order valence-corrected chi connectivity index (χ4v) is 1.88. The summed E-state index contributed by atoms with van der Waals surface area (Å²) >= 11 is 0. The highest BCUT2D eigenvalue weighted by Gasteiger charge is 2.06. The van der Waals surface area contributed by atoms with Crippen LogP contribution < -0.4 is 5.32 Å². The number of carbonyl (C=O) groups is 1. The van der Waals surface area contributed by atoms with E-state index in [4.69, 9.17) is 6.57 Å². The molecule has 0 saturated heterocycles. The molecule has 0 bridgehead atoms. The lowest BCUT2D eigenvalue weighted by Gasteiger charge is -2.05. The SMILES string of the molecule is [C-]#[N+]c1ccc(NC(=O)CCc2ccc([N+](=O)[O-])cc2)cc1. The van der Waals surface area contributed by atoms with E-state index < -0.39 is 4.92 Å². The monoisotopic (exact) mass is 295 g/mol. The smallest absolute Gasteiger partial charge is 0.269 e. The van der Waals surface area contributed by atoms with Crippen molar-refractivity contribution in [2.75, 3.05) is 5.32 Å². The Morgan fingerprint density at radius 1 is 1.14 bits per heavy atom. The third-order valence-electron chi connectivity index (χ3n) is 3.07. The zero-order valence-electron chi connectivity index (χ0n) is 11.7. The van der Waals surface area contributed by atoms with Crippen LogP contribution in [0.15, 0.2) is 48.5 Å². The van der Waals surface area contributed by atoms with E-state index in [0.717, 1.165) is 5.56 Å². The number of non-ortho nitro benzene ring substituents is 1. The fraction of sp³-hybridized carbons (Fsp3) is 0.125. The van der Waals surface area contributed by atoms with Crippen molar-refractivity contribution in [3.63, 3.8) is 0 Å². The molecule has 2 aromatic carbocycles. The van der Waals surface area contributed by atoms with Gasteiger partial charge in [-0.25, -0.2) is 4.85 Å². The molecule has 0 radical (unpaired) electrons. The number of hydrogen-bond donors (Lipinski definition) is 1. The van der Waals surface area contributed by atoms with Gasteiger partial charge < -0.3 is 5.32 Å². The predicted octanol–water partition coefficient (Wildman–Crippen LogP) is 3.72. The maximum atomic E-state index is 11.8. The molecule has 0 saturated carbocycles. The molecule has 2 aromatic rings. The first kappa shape index (κ1) is 15.2.